The molecule has 0 aliphatic heterocycles. The number of esters is 1. The zero-order valence-corrected chi connectivity index (χ0v) is 23.2. The summed E-state index contributed by atoms with van der Waals surface area (Å²) in [5.41, 5.74) is 5.69. The molecule has 0 bridgehead atoms. The van der Waals surface area contributed by atoms with Crippen LogP contribution in [-0.2, 0) is 9.59 Å². The van der Waals surface area contributed by atoms with Gasteiger partial charge in [-0.2, -0.15) is 0 Å². The van der Waals surface area contributed by atoms with Gasteiger partial charge in [0.2, 0.25) is 11.7 Å². The molecular weight excluding hydrogens is 516 g/mol. The quantitative estimate of drug-likeness (QED) is 0.144. The van der Waals surface area contributed by atoms with Gasteiger partial charge in [-0.3, -0.25) is 14.6 Å². The minimum absolute atomic E-state index is 0.186. The first-order valence-electron chi connectivity index (χ1n) is 12.4. The van der Waals surface area contributed by atoms with Crippen molar-refractivity contribution < 1.29 is 23.8 Å². The highest BCUT2D eigenvalue weighted by molar-refractivity contribution is 6.34. The van der Waals surface area contributed by atoms with Gasteiger partial charge in [-0.25, -0.2) is 0 Å². The molecular formula is C31H29ClN2O5. The van der Waals surface area contributed by atoms with Gasteiger partial charge in [0, 0.05) is 34.0 Å². The van der Waals surface area contributed by atoms with Crippen molar-refractivity contribution >= 4 is 46.1 Å². The Hall–Kier alpha value is -4.36. The number of ether oxygens (including phenoxy) is 3. The topological polar surface area (TPSA) is 86.8 Å². The predicted octanol–water partition coefficient (Wildman–Crippen LogP) is 7.16. The summed E-state index contributed by atoms with van der Waals surface area (Å²) in [5, 5.41) is 4.43. The van der Waals surface area contributed by atoms with Crippen molar-refractivity contribution in [3.63, 3.8) is 0 Å². The maximum Gasteiger partial charge on any atom is 0.311 e. The second-order valence-corrected chi connectivity index (χ2v) is 9.32. The molecule has 200 valence electrons. The molecule has 1 amide bonds. The number of hydrogen-bond acceptors (Lipinski definition) is 6. The second kappa shape index (κ2) is 12.0. The lowest BCUT2D eigenvalue weighted by Crippen LogP contribution is -2.10. The van der Waals surface area contributed by atoms with Crippen molar-refractivity contribution in [3.05, 3.63) is 82.5 Å². The molecule has 1 N–H and O–H groups in total. The Labute approximate surface area is 232 Å². The van der Waals surface area contributed by atoms with E-state index in [2.05, 4.69) is 16.4 Å². The minimum atomic E-state index is -0.419. The van der Waals surface area contributed by atoms with Gasteiger partial charge in [-0.1, -0.05) is 48.4 Å². The number of nitrogens with zero attached hydrogens (tertiary/aromatic N) is 1. The highest BCUT2D eigenvalue weighted by Gasteiger charge is 2.18. The fourth-order valence-electron chi connectivity index (χ4n) is 4.34. The molecule has 1 aromatic heterocycles. The Morgan fingerprint density at radius 2 is 1.72 bits per heavy atom. The van der Waals surface area contributed by atoms with E-state index in [4.69, 9.17) is 25.8 Å². The van der Waals surface area contributed by atoms with Crippen molar-refractivity contribution in [2.45, 2.75) is 27.2 Å². The van der Waals surface area contributed by atoms with E-state index in [-0.39, 0.29) is 18.1 Å². The molecule has 0 saturated heterocycles. The molecule has 3 aromatic carbocycles. The Morgan fingerprint density at radius 1 is 1.03 bits per heavy atom. The van der Waals surface area contributed by atoms with Crippen molar-refractivity contribution in [3.8, 4) is 28.4 Å². The van der Waals surface area contributed by atoms with Crippen LogP contribution in [0.2, 0.25) is 5.02 Å². The van der Waals surface area contributed by atoms with Gasteiger partial charge < -0.3 is 19.5 Å². The lowest BCUT2D eigenvalue weighted by molar-refractivity contribution is -0.134. The van der Waals surface area contributed by atoms with Crippen LogP contribution in [0, 0.1) is 13.8 Å². The summed E-state index contributed by atoms with van der Waals surface area (Å²) in [7, 11) is 2.93. The number of nitrogens with one attached hydrogen (secondary N) is 1. The van der Waals surface area contributed by atoms with Crippen molar-refractivity contribution in [1.29, 1.82) is 0 Å². The molecule has 39 heavy (non-hydrogen) atoms. The maximum atomic E-state index is 13.1. The Bertz CT molecular complexity index is 1570. The smallest absolute Gasteiger partial charge is 0.311 e. The first kappa shape index (κ1) is 27.7. The standard InChI is InChI=1S/C31H29ClN2O5/c1-6-28(36)39-31-25(37-4)15-20(16-26(31)38-5)11-12-27(35)34-24-17-33-30-19(3)13-18(2)14-22(30)29(24)21-9-7-8-10-23(21)32/h7-17H,6H2,1-5H3,(H,34,35)/b12-11+. The van der Waals surface area contributed by atoms with Gasteiger partial charge in [0.25, 0.3) is 0 Å². The van der Waals surface area contributed by atoms with Crippen molar-refractivity contribution in [2.24, 2.45) is 0 Å². The van der Waals surface area contributed by atoms with Gasteiger partial charge in [0.05, 0.1) is 31.6 Å². The SMILES string of the molecule is CCC(=O)Oc1c(OC)cc(/C=C/C(=O)Nc2cnc3c(C)cc(C)cc3c2-c2ccccc2Cl)cc1OC. The van der Waals surface area contributed by atoms with Gasteiger partial charge in [-0.15, -0.1) is 0 Å². The molecule has 0 spiro atoms. The zero-order chi connectivity index (χ0) is 28.1. The van der Waals surface area contributed by atoms with Crippen LogP contribution in [0.3, 0.4) is 0 Å². The summed E-state index contributed by atoms with van der Waals surface area (Å²) in [6.45, 7) is 5.73. The molecule has 0 fully saturated rings. The first-order valence-corrected chi connectivity index (χ1v) is 12.7. The molecule has 0 aliphatic carbocycles. The highest BCUT2D eigenvalue weighted by atomic mass is 35.5. The molecule has 4 aromatic rings. The van der Waals surface area contributed by atoms with Gasteiger partial charge >= 0.3 is 5.97 Å². The second-order valence-electron chi connectivity index (χ2n) is 8.91. The van der Waals surface area contributed by atoms with Gasteiger partial charge in [0.1, 0.15) is 0 Å². The number of aryl methyl sites for hydroxylation is 2. The van der Waals surface area contributed by atoms with Gasteiger partial charge in [0.15, 0.2) is 11.5 Å². The van der Waals surface area contributed by atoms with E-state index < -0.39 is 5.97 Å². The third-order valence-corrected chi connectivity index (χ3v) is 6.45. The third kappa shape index (κ3) is 6.04. The maximum absolute atomic E-state index is 13.1. The van der Waals surface area contributed by atoms with Crippen molar-refractivity contribution in [2.75, 3.05) is 19.5 Å². The summed E-state index contributed by atoms with van der Waals surface area (Å²) < 4.78 is 16.2. The van der Waals surface area contributed by atoms with E-state index in [0.717, 1.165) is 33.2 Å². The average Bonchev–Trinajstić information content (AvgIpc) is 2.92. The lowest BCUT2D eigenvalue weighted by atomic mass is 9.96. The van der Waals surface area contributed by atoms with E-state index in [0.29, 0.717) is 27.8 Å². The summed E-state index contributed by atoms with van der Waals surface area (Å²) in [4.78, 5) is 29.6. The van der Waals surface area contributed by atoms with Crippen LogP contribution in [0.1, 0.15) is 30.0 Å². The lowest BCUT2D eigenvalue weighted by Gasteiger charge is -2.16. The van der Waals surface area contributed by atoms with Crippen LogP contribution in [0.15, 0.2) is 60.8 Å². The molecule has 4 rings (SSSR count). The largest absolute Gasteiger partial charge is 0.493 e. The predicted molar refractivity (Wildman–Crippen MR) is 155 cm³/mol. The zero-order valence-electron chi connectivity index (χ0n) is 22.4. The Kier molecular flexibility index (Phi) is 8.52. The number of methoxy groups -OCH3 is 2. The number of carbonyl (C=O) groups is 2. The summed E-state index contributed by atoms with van der Waals surface area (Å²) in [6.07, 6.45) is 4.86. The van der Waals surface area contributed by atoms with Crippen LogP contribution in [0.5, 0.6) is 17.2 Å². The number of aromatic nitrogens is 1. The number of pyridine rings is 1. The molecule has 0 atom stereocenters. The van der Waals surface area contributed by atoms with Crippen LogP contribution < -0.4 is 19.5 Å². The number of amides is 1. The van der Waals surface area contributed by atoms with Crippen LogP contribution in [-0.4, -0.2) is 31.1 Å². The molecule has 0 radical (unpaired) electrons. The van der Waals surface area contributed by atoms with E-state index in [9.17, 15) is 9.59 Å². The number of fused-ring (bicyclic) bond motifs is 1. The normalized spacial score (nSPS) is 11.0. The van der Waals surface area contributed by atoms with Gasteiger partial charge in [-0.05, 0) is 55.3 Å². The van der Waals surface area contributed by atoms with Crippen LogP contribution in [0.25, 0.3) is 28.1 Å². The van der Waals surface area contributed by atoms with E-state index in [1.807, 2.05) is 44.2 Å². The number of halogens is 1. The molecule has 8 heteroatoms. The molecule has 0 unspecified atom stereocenters. The average molecular weight is 545 g/mol. The molecule has 1 heterocycles. The fraction of sp³-hybridized carbons (Fsp3) is 0.194. The summed E-state index contributed by atoms with van der Waals surface area (Å²) >= 11 is 6.60. The van der Waals surface area contributed by atoms with Crippen LogP contribution >= 0.6 is 11.6 Å². The third-order valence-electron chi connectivity index (χ3n) is 6.12. The monoisotopic (exact) mass is 544 g/mol. The van der Waals surface area contributed by atoms with E-state index >= 15 is 0 Å². The fourth-order valence-corrected chi connectivity index (χ4v) is 4.57. The summed E-state index contributed by atoms with van der Waals surface area (Å²) in [5.74, 6) is 0.0141. The number of carbonyl (C=O) groups excluding carboxylic acids is 2. The number of hydrogen-bond donors (Lipinski definition) is 1. The summed E-state index contributed by atoms with van der Waals surface area (Å²) in [6, 6.07) is 14.9. The Balaban J connectivity index is 1.71. The van der Waals surface area contributed by atoms with E-state index in [1.165, 1.54) is 20.3 Å². The molecule has 0 saturated carbocycles. The van der Waals surface area contributed by atoms with E-state index in [1.54, 1.807) is 31.3 Å². The first-order chi connectivity index (χ1) is 18.7. The number of benzene rings is 3. The number of rotatable bonds is 8. The molecule has 7 nitrogen and oxygen atoms in total. The minimum Gasteiger partial charge on any atom is -0.493 e. The van der Waals surface area contributed by atoms with Crippen molar-refractivity contribution in [1.82, 2.24) is 4.98 Å². The Morgan fingerprint density at radius 3 is 2.36 bits per heavy atom. The highest BCUT2D eigenvalue weighted by Crippen LogP contribution is 2.40. The van der Waals surface area contributed by atoms with Crippen LogP contribution in [0.4, 0.5) is 5.69 Å². The number of anilines is 1. The molecule has 0 aliphatic rings.